The molecule has 3 fully saturated rings. The van der Waals surface area contributed by atoms with Crippen LogP contribution in [0.1, 0.15) is 61.6 Å². The van der Waals surface area contributed by atoms with Gasteiger partial charge in [0.2, 0.25) is 23.6 Å². The average Bonchev–Trinajstić information content (AvgIpc) is 4.16. The number of benzene rings is 3. The van der Waals surface area contributed by atoms with E-state index in [1.54, 1.807) is 65.6 Å². The Balaban J connectivity index is 0.637. The Morgan fingerprint density at radius 2 is 1.51 bits per heavy atom. The Bertz CT molecular complexity index is 2830. The number of piperidine rings is 1. The van der Waals surface area contributed by atoms with Gasteiger partial charge in [0.25, 0.3) is 17.7 Å². The summed E-state index contributed by atoms with van der Waals surface area (Å²) < 4.78 is 18.7. The van der Waals surface area contributed by atoms with E-state index in [1.807, 2.05) is 18.2 Å². The fraction of sp³-hybridized carbons (Fsp3) is 0.333. The summed E-state index contributed by atoms with van der Waals surface area (Å²) in [5.41, 5.74) is 4.36. The molecule has 7 amide bonds. The number of allylic oxidation sites excluding steroid dienone is 2. The molecule has 19 nitrogen and oxygen atoms in total. The topological polar surface area (TPSA) is 233 Å². The van der Waals surface area contributed by atoms with Crippen LogP contribution in [0.2, 0.25) is 0 Å². The summed E-state index contributed by atoms with van der Waals surface area (Å²) in [4.78, 5) is 97.0. The van der Waals surface area contributed by atoms with Crippen LogP contribution in [0.15, 0.2) is 91.3 Å². The van der Waals surface area contributed by atoms with Crippen molar-refractivity contribution in [2.75, 3.05) is 55.1 Å². The van der Waals surface area contributed by atoms with E-state index in [0.717, 1.165) is 22.3 Å². The average molecular weight is 908 g/mol. The largest absolute Gasteiger partial charge is 0.382 e. The van der Waals surface area contributed by atoms with Crippen molar-refractivity contribution < 1.29 is 47.8 Å². The van der Waals surface area contributed by atoms with Crippen LogP contribution in [0, 0.1) is 23.7 Å². The van der Waals surface area contributed by atoms with Crippen LogP contribution in [0.5, 0.6) is 0 Å². The van der Waals surface area contributed by atoms with Crippen molar-refractivity contribution in [3.8, 4) is 0 Å². The molecule has 10 rings (SSSR count). The number of anilines is 3. The summed E-state index contributed by atoms with van der Waals surface area (Å²) in [6.07, 6.45) is 8.60. The molecule has 19 heteroatoms. The van der Waals surface area contributed by atoms with Crippen molar-refractivity contribution in [1.29, 1.82) is 0 Å². The third-order valence-corrected chi connectivity index (χ3v) is 12.9. The molecular weight excluding hydrogens is 863 g/mol. The zero-order valence-electron chi connectivity index (χ0n) is 36.1. The maximum Gasteiger partial charge on any atom is 0.264 e. The maximum atomic E-state index is 13.4. The number of hydrogen-bond donors (Lipinski definition) is 3. The molecule has 0 radical (unpaired) electrons. The number of carbonyl (C=O) groups excluding carboxylic acids is 7. The van der Waals surface area contributed by atoms with Gasteiger partial charge in [-0.15, -0.1) is 5.10 Å². The van der Waals surface area contributed by atoms with Crippen LogP contribution >= 0.6 is 0 Å². The lowest BCUT2D eigenvalue weighted by molar-refractivity contribution is -0.136. The molecule has 2 bridgehead atoms. The van der Waals surface area contributed by atoms with Crippen LogP contribution in [-0.2, 0) is 46.5 Å². The molecule has 2 aliphatic carbocycles. The van der Waals surface area contributed by atoms with Gasteiger partial charge in [-0.1, -0.05) is 35.6 Å². The van der Waals surface area contributed by atoms with Gasteiger partial charge in [-0.2, -0.15) is 0 Å². The molecular formula is C48H45N9O10. The Morgan fingerprint density at radius 1 is 0.791 bits per heavy atom. The van der Waals surface area contributed by atoms with Crippen LogP contribution in [0.3, 0.4) is 0 Å². The first kappa shape index (κ1) is 43.4. The first-order chi connectivity index (χ1) is 32.6. The van der Waals surface area contributed by atoms with Gasteiger partial charge in [0.15, 0.2) is 0 Å². The molecule has 5 aliphatic rings. The third-order valence-electron chi connectivity index (χ3n) is 12.9. The van der Waals surface area contributed by atoms with Crippen molar-refractivity contribution >= 4 is 69.3 Å². The first-order valence-corrected chi connectivity index (χ1v) is 22.2. The van der Waals surface area contributed by atoms with Crippen LogP contribution in [0.25, 0.3) is 10.9 Å². The molecule has 2 unspecified atom stereocenters. The number of pyridine rings is 1. The fourth-order valence-corrected chi connectivity index (χ4v) is 9.78. The van der Waals surface area contributed by atoms with E-state index in [9.17, 15) is 33.6 Å². The normalized spacial score (nSPS) is 21.7. The van der Waals surface area contributed by atoms with Crippen LogP contribution in [-0.4, -0.2) is 112 Å². The number of nitrogens with zero attached hydrogens (tertiary/aromatic N) is 6. The van der Waals surface area contributed by atoms with Gasteiger partial charge in [-0.3, -0.25) is 53.7 Å². The van der Waals surface area contributed by atoms with E-state index in [1.165, 1.54) is 4.90 Å². The summed E-state index contributed by atoms with van der Waals surface area (Å²) in [6, 6.07) is 17.8. The van der Waals surface area contributed by atoms with Gasteiger partial charge in [0.1, 0.15) is 11.7 Å². The van der Waals surface area contributed by atoms with Crippen molar-refractivity contribution in [2.24, 2.45) is 23.7 Å². The Kier molecular flexibility index (Phi) is 11.9. The second-order valence-corrected chi connectivity index (χ2v) is 17.0. The van der Waals surface area contributed by atoms with E-state index >= 15 is 0 Å². The zero-order chi connectivity index (χ0) is 46.2. The number of amides is 7. The Morgan fingerprint density at radius 3 is 2.27 bits per heavy atom. The lowest BCUT2D eigenvalue weighted by atomic mass is 9.85. The smallest absolute Gasteiger partial charge is 0.264 e. The van der Waals surface area contributed by atoms with Gasteiger partial charge in [-0.05, 0) is 78.8 Å². The zero-order valence-corrected chi connectivity index (χ0v) is 36.1. The molecule has 5 aromatic rings. The van der Waals surface area contributed by atoms with Gasteiger partial charge >= 0.3 is 0 Å². The summed E-state index contributed by atoms with van der Waals surface area (Å²) in [7, 11) is 0. The Hall–Kier alpha value is -7.48. The monoisotopic (exact) mass is 907 g/mol. The van der Waals surface area contributed by atoms with Crippen LogP contribution < -0.4 is 20.9 Å². The summed E-state index contributed by atoms with van der Waals surface area (Å²) >= 11 is 0. The van der Waals surface area contributed by atoms with Crippen LogP contribution in [0.4, 0.5) is 17.1 Å². The minimum Gasteiger partial charge on any atom is -0.382 e. The molecule has 342 valence electrons. The second-order valence-electron chi connectivity index (χ2n) is 17.0. The number of nitrogens with one attached hydrogen (secondary N) is 3. The Labute approximate surface area is 382 Å². The van der Waals surface area contributed by atoms with Gasteiger partial charge < -0.3 is 24.8 Å². The van der Waals surface area contributed by atoms with E-state index in [-0.39, 0.29) is 72.0 Å². The predicted octanol–water partition coefficient (Wildman–Crippen LogP) is 3.50. The molecule has 67 heavy (non-hydrogen) atoms. The molecule has 2 saturated heterocycles. The molecule has 3 aromatic carbocycles. The minimum absolute atomic E-state index is 0.0485. The summed E-state index contributed by atoms with van der Waals surface area (Å²) in [5.74, 6) is -3.26. The number of aromatic nitrogens is 4. The van der Waals surface area contributed by atoms with Gasteiger partial charge in [0, 0.05) is 35.8 Å². The van der Waals surface area contributed by atoms with Gasteiger partial charge in [-0.25, -0.2) is 4.68 Å². The quantitative estimate of drug-likeness (QED) is 0.0649. The van der Waals surface area contributed by atoms with Crippen molar-refractivity contribution in [3.05, 3.63) is 119 Å². The standard InChI is InChI=1S/C48H45N9O10/c58-38-14-13-37(44(60)52-38)57-45(61)34-4-2-5-35(41(34)48(57)64)49-17-18-65-19-20-66-21-22-67-26-31-25-55(54-53-31)24-30-15-16-50-42-33(30)3-1-6-36(42)51-43(59)27-9-11-32(12-10-27)56-46(62)39-28-7-8-29(23-28)40(39)47(56)63/h1-12,15-16,25,28-29,37,39-40,49H,13-14,17-24,26H2,(H,51,59)(H,52,58,60)/t28-,29?,37?,39-,40+/m1/s1. The number of ether oxygens (including phenoxy) is 3. The van der Waals surface area contributed by atoms with E-state index < -0.39 is 29.7 Å². The number of para-hydroxylation sites is 1. The minimum atomic E-state index is -1.03. The summed E-state index contributed by atoms with van der Waals surface area (Å²) in [5, 5.41) is 17.7. The predicted molar refractivity (Wildman–Crippen MR) is 238 cm³/mol. The number of fused-ring (bicyclic) bond motifs is 7. The number of hydrogen-bond acceptors (Lipinski definition) is 14. The molecule has 0 spiro atoms. The second kappa shape index (κ2) is 18.4. The SMILES string of the molecule is O=C1CCC(N2C(=O)c3cccc(NCCOCCOCCOCc4cn(Cc5ccnc6c(NC(=O)c7ccc(N8C(=O)[C@@H]9[C@@H]%10C=CC(C%10)[C@@H]9C8=O)cc7)cccc56)nn4)c3C2=O)C(=O)N1. The summed E-state index contributed by atoms with van der Waals surface area (Å²) in [6.45, 7) is 2.58. The molecule has 1 saturated carbocycles. The lowest BCUT2D eigenvalue weighted by Crippen LogP contribution is -2.54. The first-order valence-electron chi connectivity index (χ1n) is 22.2. The molecule has 5 atom stereocenters. The fourth-order valence-electron chi connectivity index (χ4n) is 9.78. The van der Waals surface area contributed by atoms with Gasteiger partial charge in [0.05, 0.1) is 92.2 Å². The van der Waals surface area contributed by atoms with E-state index in [2.05, 4.69) is 43.4 Å². The van der Waals surface area contributed by atoms with Crippen molar-refractivity contribution in [3.63, 3.8) is 0 Å². The highest BCUT2D eigenvalue weighted by Crippen LogP contribution is 2.53. The maximum absolute atomic E-state index is 13.4. The van der Waals surface area contributed by atoms with E-state index in [4.69, 9.17) is 14.2 Å². The molecule has 3 aliphatic heterocycles. The van der Waals surface area contributed by atoms with E-state index in [0.29, 0.717) is 80.0 Å². The van der Waals surface area contributed by atoms with Crippen molar-refractivity contribution in [2.45, 2.75) is 38.5 Å². The number of imide groups is 3. The highest BCUT2D eigenvalue weighted by Gasteiger charge is 2.59. The lowest BCUT2D eigenvalue weighted by Gasteiger charge is -2.27. The highest BCUT2D eigenvalue weighted by atomic mass is 16.5. The van der Waals surface area contributed by atoms with Crippen molar-refractivity contribution in [1.82, 2.24) is 30.2 Å². The number of carbonyl (C=O) groups is 7. The molecule has 5 heterocycles. The third kappa shape index (κ3) is 8.36. The number of rotatable bonds is 18. The molecule has 2 aromatic heterocycles. The molecule has 3 N–H and O–H groups in total. The highest BCUT2D eigenvalue weighted by molar-refractivity contribution is 6.26.